The van der Waals surface area contributed by atoms with Gasteiger partial charge in [-0.2, -0.15) is 0 Å². The lowest BCUT2D eigenvalue weighted by molar-refractivity contribution is 0.575. The molecule has 0 unspecified atom stereocenters. The number of furan rings is 1. The molecule has 0 aliphatic rings. The van der Waals surface area contributed by atoms with Crippen molar-refractivity contribution in [2.24, 2.45) is 0 Å². The number of benzene rings is 3. The van der Waals surface area contributed by atoms with Crippen LogP contribution in [0.25, 0.3) is 39.8 Å². The molecule has 0 amide bonds. The molecule has 2 heterocycles. The second-order valence-electron chi connectivity index (χ2n) is 6.44. The van der Waals surface area contributed by atoms with Crippen LogP contribution >= 0.6 is 0 Å². The Morgan fingerprint density at radius 1 is 0.536 bits per heavy atom. The van der Waals surface area contributed by atoms with Crippen LogP contribution in [0.3, 0.4) is 0 Å². The lowest BCUT2D eigenvalue weighted by atomic mass is 10.0. The summed E-state index contributed by atoms with van der Waals surface area (Å²) in [4.78, 5) is 0. The van der Waals surface area contributed by atoms with Crippen LogP contribution in [-0.4, -0.2) is 14.8 Å². The minimum Gasteiger partial charge on any atom is -0.461 e. The molecule has 0 aliphatic heterocycles. The van der Waals surface area contributed by atoms with E-state index in [4.69, 9.17) is 4.42 Å². The summed E-state index contributed by atoms with van der Waals surface area (Å²) >= 11 is 0. The first-order valence-corrected chi connectivity index (χ1v) is 9.11. The summed E-state index contributed by atoms with van der Waals surface area (Å²) in [6, 6.07) is 32.5. The van der Waals surface area contributed by atoms with Gasteiger partial charge >= 0.3 is 0 Å². The number of hydrogen-bond donors (Lipinski definition) is 0. The Morgan fingerprint density at radius 3 is 1.82 bits per heavy atom. The Hall–Kier alpha value is -3.92. The Balaban J connectivity index is 1.63. The highest BCUT2D eigenvalue weighted by Gasteiger charge is 2.18. The zero-order valence-corrected chi connectivity index (χ0v) is 15.1. The molecule has 0 radical (unpaired) electrons. The number of aromatic nitrogens is 3. The number of hydrogen-bond acceptors (Lipinski definition) is 3. The largest absolute Gasteiger partial charge is 0.461 e. The van der Waals surface area contributed by atoms with Crippen molar-refractivity contribution in [3.63, 3.8) is 0 Å². The number of rotatable bonds is 4. The summed E-state index contributed by atoms with van der Waals surface area (Å²) in [6.07, 6.45) is 1.65. The molecular formula is C24H17N3O. The van der Waals surface area contributed by atoms with Gasteiger partial charge in [-0.25, -0.2) is 0 Å². The third-order valence-corrected chi connectivity index (χ3v) is 4.67. The van der Waals surface area contributed by atoms with Crippen molar-refractivity contribution in [2.75, 3.05) is 0 Å². The molecule has 0 spiro atoms. The lowest BCUT2D eigenvalue weighted by Crippen LogP contribution is -1.99. The number of nitrogens with zero attached hydrogens (tertiary/aromatic N) is 3. The van der Waals surface area contributed by atoms with Crippen molar-refractivity contribution in [3.05, 3.63) is 103 Å². The maximum atomic E-state index is 5.58. The second kappa shape index (κ2) is 7.00. The summed E-state index contributed by atoms with van der Waals surface area (Å²) in [5.74, 6) is 2.14. The van der Waals surface area contributed by atoms with Gasteiger partial charge in [-0.3, -0.25) is 4.57 Å². The molecule has 5 rings (SSSR count). The van der Waals surface area contributed by atoms with E-state index in [2.05, 4.69) is 46.6 Å². The molecule has 5 aromatic rings. The average molecular weight is 363 g/mol. The van der Waals surface area contributed by atoms with Gasteiger partial charge in [-0.05, 0) is 35.4 Å². The van der Waals surface area contributed by atoms with E-state index in [1.54, 1.807) is 6.26 Å². The molecule has 0 saturated heterocycles. The normalized spacial score (nSPS) is 10.9. The Kier molecular flexibility index (Phi) is 4.07. The fourth-order valence-corrected chi connectivity index (χ4v) is 3.30. The number of para-hydroxylation sites is 1. The molecule has 4 nitrogen and oxygen atoms in total. The summed E-state index contributed by atoms with van der Waals surface area (Å²) < 4.78 is 7.61. The highest BCUT2D eigenvalue weighted by molar-refractivity contribution is 5.70. The van der Waals surface area contributed by atoms with Gasteiger partial charge in [0.15, 0.2) is 11.6 Å². The van der Waals surface area contributed by atoms with Crippen LogP contribution in [0.5, 0.6) is 0 Å². The van der Waals surface area contributed by atoms with Gasteiger partial charge in [-0.1, -0.05) is 72.8 Å². The quantitative estimate of drug-likeness (QED) is 0.402. The summed E-state index contributed by atoms with van der Waals surface area (Å²) in [7, 11) is 0. The smallest absolute Gasteiger partial charge is 0.204 e. The maximum absolute atomic E-state index is 5.58. The highest BCUT2D eigenvalue weighted by Crippen LogP contribution is 2.30. The van der Waals surface area contributed by atoms with Crippen molar-refractivity contribution in [1.29, 1.82) is 0 Å². The molecule has 28 heavy (non-hydrogen) atoms. The monoisotopic (exact) mass is 363 g/mol. The van der Waals surface area contributed by atoms with Crippen LogP contribution in [0.15, 0.2) is 108 Å². The van der Waals surface area contributed by atoms with Crippen LogP contribution < -0.4 is 0 Å². The minimum atomic E-state index is 0.679. The molecule has 134 valence electrons. The SMILES string of the molecule is c1ccc(-c2ccc(-c3nnc(-c4ccco4)n3-c3ccccc3)cc2)cc1. The molecule has 4 heteroatoms. The van der Waals surface area contributed by atoms with Gasteiger partial charge in [-0.15, -0.1) is 10.2 Å². The van der Waals surface area contributed by atoms with Crippen molar-refractivity contribution >= 4 is 0 Å². The third-order valence-electron chi connectivity index (χ3n) is 4.67. The maximum Gasteiger partial charge on any atom is 0.204 e. The van der Waals surface area contributed by atoms with Crippen LogP contribution in [-0.2, 0) is 0 Å². The Bertz CT molecular complexity index is 1180. The summed E-state index contributed by atoms with van der Waals surface area (Å²) in [5.41, 5.74) is 4.34. The molecule has 0 atom stereocenters. The van der Waals surface area contributed by atoms with E-state index >= 15 is 0 Å². The molecule has 0 N–H and O–H groups in total. The van der Waals surface area contributed by atoms with E-state index in [0.29, 0.717) is 11.6 Å². The van der Waals surface area contributed by atoms with Gasteiger partial charge in [0.05, 0.1) is 6.26 Å². The standard InChI is InChI=1S/C24H17N3O/c1-3-8-18(9-4-1)19-13-15-20(16-14-19)23-25-26-24(22-12-7-17-28-22)27(23)21-10-5-2-6-11-21/h1-17H. The van der Waals surface area contributed by atoms with Crippen LogP contribution in [0, 0.1) is 0 Å². The predicted molar refractivity (Wildman–Crippen MR) is 110 cm³/mol. The van der Waals surface area contributed by atoms with Crippen LogP contribution in [0.4, 0.5) is 0 Å². The zero-order valence-electron chi connectivity index (χ0n) is 15.1. The molecule has 2 aromatic heterocycles. The fraction of sp³-hybridized carbons (Fsp3) is 0. The summed E-state index contributed by atoms with van der Waals surface area (Å²) in [6.45, 7) is 0. The van der Waals surface area contributed by atoms with E-state index in [-0.39, 0.29) is 0 Å². The van der Waals surface area contributed by atoms with Gasteiger partial charge in [0, 0.05) is 11.3 Å². The molecule has 3 aromatic carbocycles. The van der Waals surface area contributed by atoms with Crippen LogP contribution in [0.2, 0.25) is 0 Å². The van der Waals surface area contributed by atoms with Gasteiger partial charge < -0.3 is 4.42 Å². The first-order valence-electron chi connectivity index (χ1n) is 9.11. The molecule has 0 fully saturated rings. The lowest BCUT2D eigenvalue weighted by Gasteiger charge is -2.10. The van der Waals surface area contributed by atoms with E-state index in [1.807, 2.05) is 65.2 Å². The Labute approximate surface area is 162 Å². The summed E-state index contributed by atoms with van der Waals surface area (Å²) in [5, 5.41) is 8.89. The second-order valence-corrected chi connectivity index (χ2v) is 6.44. The van der Waals surface area contributed by atoms with Crippen LogP contribution in [0.1, 0.15) is 0 Å². The fourth-order valence-electron chi connectivity index (χ4n) is 3.30. The first kappa shape index (κ1) is 16.3. The van der Waals surface area contributed by atoms with E-state index in [1.165, 1.54) is 11.1 Å². The molecule has 0 bridgehead atoms. The highest BCUT2D eigenvalue weighted by atomic mass is 16.3. The third kappa shape index (κ3) is 2.91. The van der Waals surface area contributed by atoms with Crippen molar-refractivity contribution in [2.45, 2.75) is 0 Å². The topological polar surface area (TPSA) is 43.9 Å². The zero-order chi connectivity index (χ0) is 18.8. The predicted octanol–water partition coefficient (Wildman–Crippen LogP) is 5.86. The van der Waals surface area contributed by atoms with Gasteiger partial charge in [0.2, 0.25) is 5.82 Å². The molecule has 0 saturated carbocycles. The Morgan fingerprint density at radius 2 is 1.14 bits per heavy atom. The van der Waals surface area contributed by atoms with E-state index < -0.39 is 0 Å². The first-order chi connectivity index (χ1) is 13.9. The van der Waals surface area contributed by atoms with E-state index in [9.17, 15) is 0 Å². The van der Waals surface area contributed by atoms with Crippen molar-refractivity contribution in [1.82, 2.24) is 14.8 Å². The molecule has 0 aliphatic carbocycles. The van der Waals surface area contributed by atoms with E-state index in [0.717, 1.165) is 17.1 Å². The van der Waals surface area contributed by atoms with Gasteiger partial charge in [0.25, 0.3) is 0 Å². The molecular weight excluding hydrogens is 346 g/mol. The van der Waals surface area contributed by atoms with Crippen molar-refractivity contribution < 1.29 is 4.42 Å². The minimum absolute atomic E-state index is 0.679. The van der Waals surface area contributed by atoms with Gasteiger partial charge in [0.1, 0.15) is 0 Å². The van der Waals surface area contributed by atoms with Crippen molar-refractivity contribution in [3.8, 4) is 39.8 Å². The average Bonchev–Trinajstić information content (AvgIpc) is 3.45.